The molecule has 0 spiro atoms. The number of nitrogens with zero attached hydrogens (tertiary/aromatic N) is 2. The average molecular weight is 344 g/mol. The molecule has 5 nitrogen and oxygen atoms in total. The molecule has 1 aromatic heterocycles. The number of amides is 2. The van der Waals surface area contributed by atoms with Crippen molar-refractivity contribution in [1.82, 2.24) is 9.88 Å². The van der Waals surface area contributed by atoms with Crippen molar-refractivity contribution in [1.29, 1.82) is 0 Å². The lowest BCUT2D eigenvalue weighted by Gasteiger charge is -2.18. The summed E-state index contributed by atoms with van der Waals surface area (Å²) in [6.45, 7) is 3.31. The van der Waals surface area contributed by atoms with Crippen LogP contribution >= 0.6 is 11.6 Å². The number of pyridine rings is 1. The van der Waals surface area contributed by atoms with Gasteiger partial charge >= 0.3 is 0 Å². The quantitative estimate of drug-likeness (QED) is 0.927. The molecule has 3 rings (SSSR count). The number of likely N-dealkylation sites (tertiary alicyclic amines) is 1. The lowest BCUT2D eigenvalue weighted by Crippen LogP contribution is -2.28. The average Bonchev–Trinajstić information content (AvgIpc) is 3.09. The van der Waals surface area contributed by atoms with Crippen LogP contribution in [0.4, 0.5) is 5.69 Å². The fourth-order valence-electron chi connectivity index (χ4n) is 2.78. The SMILES string of the molecule is Cc1cc(C(=O)Nc2cc(Cl)ccc2C(=O)N2CCCC2)ccn1. The summed E-state index contributed by atoms with van der Waals surface area (Å²) in [6.07, 6.45) is 3.60. The first-order valence-corrected chi connectivity index (χ1v) is 8.25. The Hall–Kier alpha value is -2.40. The smallest absolute Gasteiger partial charge is 0.255 e. The number of benzene rings is 1. The van der Waals surface area contributed by atoms with Gasteiger partial charge in [0.1, 0.15) is 0 Å². The van der Waals surface area contributed by atoms with Crippen molar-refractivity contribution in [2.45, 2.75) is 19.8 Å². The largest absolute Gasteiger partial charge is 0.339 e. The molecule has 2 aromatic rings. The predicted octanol–water partition coefficient (Wildman–Crippen LogP) is 3.53. The molecule has 1 aliphatic heterocycles. The number of hydrogen-bond donors (Lipinski definition) is 1. The van der Waals surface area contributed by atoms with E-state index in [0.29, 0.717) is 21.8 Å². The van der Waals surface area contributed by atoms with Crippen LogP contribution in [0.1, 0.15) is 39.3 Å². The molecule has 6 heteroatoms. The minimum atomic E-state index is -0.293. The molecular formula is C18H18ClN3O2. The molecular weight excluding hydrogens is 326 g/mol. The summed E-state index contributed by atoms with van der Waals surface area (Å²) in [5.74, 6) is -0.372. The molecule has 0 atom stereocenters. The number of hydrogen-bond acceptors (Lipinski definition) is 3. The van der Waals surface area contributed by atoms with E-state index in [2.05, 4.69) is 10.3 Å². The summed E-state index contributed by atoms with van der Waals surface area (Å²) in [4.78, 5) is 31.0. The number of halogens is 1. The first kappa shape index (κ1) is 16.5. The van der Waals surface area contributed by atoms with Crippen molar-refractivity contribution in [2.24, 2.45) is 0 Å². The van der Waals surface area contributed by atoms with Crippen LogP contribution in [-0.4, -0.2) is 34.8 Å². The van der Waals surface area contributed by atoms with Crippen molar-refractivity contribution in [3.05, 3.63) is 58.4 Å². The zero-order valence-corrected chi connectivity index (χ0v) is 14.1. The third-order valence-corrected chi connectivity index (χ3v) is 4.25. The lowest BCUT2D eigenvalue weighted by molar-refractivity contribution is 0.0794. The van der Waals surface area contributed by atoms with E-state index in [1.807, 2.05) is 6.92 Å². The van der Waals surface area contributed by atoms with Crippen LogP contribution in [0.2, 0.25) is 5.02 Å². The van der Waals surface area contributed by atoms with Gasteiger partial charge in [0.25, 0.3) is 11.8 Å². The van der Waals surface area contributed by atoms with Crippen LogP contribution in [0.3, 0.4) is 0 Å². The van der Waals surface area contributed by atoms with Crippen LogP contribution in [0.5, 0.6) is 0 Å². The van der Waals surface area contributed by atoms with Gasteiger partial charge in [-0.15, -0.1) is 0 Å². The van der Waals surface area contributed by atoms with Crippen LogP contribution in [0, 0.1) is 6.92 Å². The Balaban J connectivity index is 1.88. The Morgan fingerprint density at radius 3 is 2.62 bits per heavy atom. The Morgan fingerprint density at radius 2 is 1.92 bits per heavy atom. The molecule has 24 heavy (non-hydrogen) atoms. The topological polar surface area (TPSA) is 62.3 Å². The number of carbonyl (C=O) groups excluding carboxylic acids is 2. The van der Waals surface area contributed by atoms with E-state index in [0.717, 1.165) is 31.6 Å². The van der Waals surface area contributed by atoms with Gasteiger partial charge in [0, 0.05) is 35.6 Å². The van der Waals surface area contributed by atoms with Gasteiger partial charge in [0.15, 0.2) is 0 Å². The minimum absolute atomic E-state index is 0.0784. The van der Waals surface area contributed by atoms with Crippen LogP contribution in [-0.2, 0) is 0 Å². The van der Waals surface area contributed by atoms with Crippen molar-refractivity contribution in [2.75, 3.05) is 18.4 Å². The van der Waals surface area contributed by atoms with E-state index in [-0.39, 0.29) is 11.8 Å². The fraction of sp³-hybridized carbons (Fsp3) is 0.278. The molecule has 2 heterocycles. The molecule has 2 amide bonds. The van der Waals surface area contributed by atoms with Crippen molar-refractivity contribution in [3.63, 3.8) is 0 Å². The number of aromatic nitrogens is 1. The number of aryl methyl sites for hydroxylation is 1. The molecule has 0 saturated carbocycles. The highest BCUT2D eigenvalue weighted by Crippen LogP contribution is 2.24. The normalized spacial score (nSPS) is 13.8. The molecule has 1 aromatic carbocycles. The van der Waals surface area contributed by atoms with E-state index in [9.17, 15) is 9.59 Å². The summed E-state index contributed by atoms with van der Waals surface area (Å²) >= 11 is 6.05. The fourth-order valence-corrected chi connectivity index (χ4v) is 2.95. The highest BCUT2D eigenvalue weighted by atomic mass is 35.5. The summed E-state index contributed by atoms with van der Waals surface area (Å²) < 4.78 is 0. The van der Waals surface area contributed by atoms with Gasteiger partial charge in [-0.1, -0.05) is 11.6 Å². The second kappa shape index (κ2) is 7.01. The van der Waals surface area contributed by atoms with Gasteiger partial charge in [-0.25, -0.2) is 0 Å². The van der Waals surface area contributed by atoms with E-state index in [4.69, 9.17) is 11.6 Å². The van der Waals surface area contributed by atoms with E-state index >= 15 is 0 Å². The molecule has 0 unspecified atom stereocenters. The maximum atomic E-state index is 12.7. The molecule has 1 N–H and O–H groups in total. The third kappa shape index (κ3) is 3.57. The van der Waals surface area contributed by atoms with Crippen molar-refractivity contribution < 1.29 is 9.59 Å². The Bertz CT molecular complexity index is 786. The molecule has 0 radical (unpaired) electrons. The second-order valence-electron chi connectivity index (χ2n) is 5.83. The Labute approximate surface area is 145 Å². The molecule has 1 fully saturated rings. The number of carbonyl (C=O) groups is 2. The monoisotopic (exact) mass is 343 g/mol. The van der Waals surface area contributed by atoms with Crippen LogP contribution in [0.15, 0.2) is 36.5 Å². The standard InChI is InChI=1S/C18H18ClN3O2/c1-12-10-13(6-7-20-12)17(23)21-16-11-14(19)4-5-15(16)18(24)22-8-2-3-9-22/h4-7,10-11H,2-3,8-9H2,1H3,(H,21,23). The molecule has 0 aliphatic carbocycles. The molecule has 124 valence electrons. The van der Waals surface area contributed by atoms with Gasteiger partial charge in [-0.2, -0.15) is 0 Å². The van der Waals surface area contributed by atoms with Gasteiger partial charge in [0.2, 0.25) is 0 Å². The third-order valence-electron chi connectivity index (χ3n) is 4.01. The first-order valence-electron chi connectivity index (χ1n) is 7.87. The number of anilines is 1. The number of rotatable bonds is 3. The van der Waals surface area contributed by atoms with Gasteiger partial charge < -0.3 is 10.2 Å². The Morgan fingerprint density at radius 1 is 1.17 bits per heavy atom. The predicted molar refractivity (Wildman–Crippen MR) is 93.5 cm³/mol. The summed E-state index contributed by atoms with van der Waals surface area (Å²) in [5.41, 5.74) is 2.13. The van der Waals surface area contributed by atoms with Crippen LogP contribution < -0.4 is 5.32 Å². The minimum Gasteiger partial charge on any atom is -0.339 e. The second-order valence-corrected chi connectivity index (χ2v) is 6.27. The Kier molecular flexibility index (Phi) is 4.81. The summed E-state index contributed by atoms with van der Waals surface area (Å²) in [7, 11) is 0. The molecule has 1 aliphatic rings. The van der Waals surface area contributed by atoms with Crippen molar-refractivity contribution in [3.8, 4) is 0 Å². The first-order chi connectivity index (χ1) is 11.5. The molecule has 1 saturated heterocycles. The number of nitrogens with one attached hydrogen (secondary N) is 1. The summed E-state index contributed by atoms with van der Waals surface area (Å²) in [5, 5.41) is 3.27. The lowest BCUT2D eigenvalue weighted by atomic mass is 10.1. The van der Waals surface area contributed by atoms with Gasteiger partial charge in [0.05, 0.1) is 11.3 Å². The maximum absolute atomic E-state index is 12.7. The highest BCUT2D eigenvalue weighted by molar-refractivity contribution is 6.31. The van der Waals surface area contributed by atoms with Gasteiger partial charge in [-0.05, 0) is 50.1 Å². The summed E-state index contributed by atoms with van der Waals surface area (Å²) in [6, 6.07) is 8.26. The van der Waals surface area contributed by atoms with E-state index < -0.39 is 0 Å². The van der Waals surface area contributed by atoms with Crippen molar-refractivity contribution >= 4 is 29.1 Å². The highest BCUT2D eigenvalue weighted by Gasteiger charge is 2.23. The van der Waals surface area contributed by atoms with E-state index in [1.165, 1.54) is 0 Å². The molecule has 0 bridgehead atoms. The van der Waals surface area contributed by atoms with E-state index in [1.54, 1.807) is 41.4 Å². The zero-order valence-electron chi connectivity index (χ0n) is 13.4. The van der Waals surface area contributed by atoms with Gasteiger partial charge in [-0.3, -0.25) is 14.6 Å². The maximum Gasteiger partial charge on any atom is 0.255 e. The zero-order chi connectivity index (χ0) is 17.1. The van der Waals surface area contributed by atoms with Crippen LogP contribution in [0.25, 0.3) is 0 Å².